The summed E-state index contributed by atoms with van der Waals surface area (Å²) in [4.78, 5) is 18.5. The highest BCUT2D eigenvalue weighted by Crippen LogP contribution is 1.93. The second kappa shape index (κ2) is 6.64. The molecule has 0 aliphatic heterocycles. The van der Waals surface area contributed by atoms with Gasteiger partial charge >= 0.3 is 5.97 Å². The molecule has 11 heteroatoms. The Labute approximate surface area is 97.4 Å². The molecule has 100 valence electrons. The summed E-state index contributed by atoms with van der Waals surface area (Å²) >= 11 is 0. The number of carbonyl (C=O) groups is 1. The number of hydrogen-bond acceptors (Lipinski definition) is 7. The lowest BCUT2D eigenvalue weighted by molar-refractivity contribution is -0.263. The number of carbonyl (C=O) groups excluding carboxylic acids is 1. The van der Waals surface area contributed by atoms with Gasteiger partial charge in [0.2, 0.25) is 16.0 Å². The molecule has 0 unspecified atom stereocenters. The van der Waals surface area contributed by atoms with Crippen LogP contribution in [0, 0.1) is 0 Å². The van der Waals surface area contributed by atoms with Gasteiger partial charge < -0.3 is 0 Å². The van der Waals surface area contributed by atoms with Crippen LogP contribution in [0.5, 0.6) is 0 Å². The third kappa shape index (κ3) is 7.79. The first kappa shape index (κ1) is 16.0. The van der Waals surface area contributed by atoms with Crippen molar-refractivity contribution in [3.8, 4) is 0 Å². The van der Waals surface area contributed by atoms with E-state index in [1.165, 1.54) is 0 Å². The molecule has 0 atom stereocenters. The third-order valence-corrected chi connectivity index (χ3v) is 4.16. The summed E-state index contributed by atoms with van der Waals surface area (Å²) in [5.74, 6) is -1.76. The fraction of sp³-hybridized carbons (Fsp3) is 0.500. The SMILES string of the molecule is C=CC(=O)OOCCS(=O)(=O)NS(=O)(=O)CF. The van der Waals surface area contributed by atoms with Gasteiger partial charge in [-0.15, -0.1) is 4.13 Å². The van der Waals surface area contributed by atoms with E-state index >= 15 is 0 Å². The van der Waals surface area contributed by atoms with Gasteiger partial charge in [-0.25, -0.2) is 26.0 Å². The van der Waals surface area contributed by atoms with Crippen molar-refractivity contribution in [3.63, 3.8) is 0 Å². The number of rotatable bonds is 8. The first-order valence-electron chi connectivity index (χ1n) is 3.98. The van der Waals surface area contributed by atoms with Gasteiger partial charge in [-0.3, -0.25) is 4.89 Å². The highest BCUT2D eigenvalue weighted by Gasteiger charge is 2.20. The molecule has 0 bridgehead atoms. The van der Waals surface area contributed by atoms with Crippen molar-refractivity contribution in [2.24, 2.45) is 0 Å². The third-order valence-electron chi connectivity index (χ3n) is 1.14. The summed E-state index contributed by atoms with van der Waals surface area (Å²) in [5, 5.41) is 0. The number of sulfonamides is 2. The van der Waals surface area contributed by atoms with Gasteiger partial charge in [-0.1, -0.05) is 6.58 Å². The van der Waals surface area contributed by atoms with Crippen molar-refractivity contribution in [3.05, 3.63) is 12.7 Å². The zero-order chi connectivity index (χ0) is 13.5. The Bertz CT molecular complexity index is 469. The van der Waals surface area contributed by atoms with Crippen LogP contribution in [0.2, 0.25) is 0 Å². The molecule has 8 nitrogen and oxygen atoms in total. The van der Waals surface area contributed by atoms with Gasteiger partial charge in [0, 0.05) is 6.08 Å². The summed E-state index contributed by atoms with van der Waals surface area (Å²) in [6.07, 6.45) is 0.778. The number of alkyl halides is 1. The van der Waals surface area contributed by atoms with Crippen molar-refractivity contribution in [2.75, 3.05) is 18.4 Å². The molecule has 0 aromatic carbocycles. The highest BCUT2D eigenvalue weighted by atomic mass is 32.3. The van der Waals surface area contributed by atoms with E-state index in [-0.39, 0.29) is 0 Å². The maximum absolute atomic E-state index is 11.8. The van der Waals surface area contributed by atoms with Gasteiger partial charge in [0.05, 0.1) is 5.75 Å². The smallest absolute Gasteiger partial charge is 0.294 e. The lowest BCUT2D eigenvalue weighted by atomic mass is 10.7. The Kier molecular flexibility index (Phi) is 6.23. The summed E-state index contributed by atoms with van der Waals surface area (Å²) < 4.78 is 56.2. The summed E-state index contributed by atoms with van der Waals surface area (Å²) in [7, 11) is -8.80. The van der Waals surface area contributed by atoms with E-state index in [4.69, 9.17) is 0 Å². The average Bonchev–Trinajstić information content (AvgIpc) is 2.22. The van der Waals surface area contributed by atoms with E-state index in [1.54, 1.807) is 0 Å². The van der Waals surface area contributed by atoms with Crippen molar-refractivity contribution in [1.82, 2.24) is 4.13 Å². The second-order valence-electron chi connectivity index (χ2n) is 2.55. The zero-order valence-corrected chi connectivity index (χ0v) is 10.1. The van der Waals surface area contributed by atoms with Crippen LogP contribution in [-0.2, 0) is 34.6 Å². The standard InChI is InChI=1S/C6H10FNO7S2/c1-2-6(9)15-14-3-4-16(10,11)8-17(12,13)5-7/h2,8H,1,3-5H2. The monoisotopic (exact) mass is 291 g/mol. The predicted molar refractivity (Wildman–Crippen MR) is 54.1 cm³/mol. The first-order chi connectivity index (χ1) is 7.72. The summed E-state index contributed by atoms with van der Waals surface area (Å²) in [6, 6.07) is -1.86. The van der Waals surface area contributed by atoms with Gasteiger partial charge in [0.15, 0.2) is 0 Å². The summed E-state index contributed by atoms with van der Waals surface area (Å²) in [6.45, 7) is 2.43. The molecule has 1 N–H and O–H groups in total. The van der Waals surface area contributed by atoms with Crippen molar-refractivity contribution >= 4 is 26.0 Å². The molecule has 17 heavy (non-hydrogen) atoms. The molecule has 0 radical (unpaired) electrons. The molecule has 0 saturated carbocycles. The van der Waals surface area contributed by atoms with Crippen molar-refractivity contribution < 1.29 is 35.8 Å². The Morgan fingerprint density at radius 3 is 2.35 bits per heavy atom. The Morgan fingerprint density at radius 1 is 1.29 bits per heavy atom. The van der Waals surface area contributed by atoms with E-state index in [2.05, 4.69) is 16.4 Å². The normalized spacial score (nSPS) is 12.1. The lowest BCUT2D eigenvalue weighted by Gasteiger charge is -2.04. The molecular weight excluding hydrogens is 281 g/mol. The fourth-order valence-corrected chi connectivity index (χ4v) is 2.88. The molecule has 0 fully saturated rings. The van der Waals surface area contributed by atoms with E-state index in [0.29, 0.717) is 0 Å². The Balaban J connectivity index is 4.12. The molecule has 0 aliphatic rings. The van der Waals surface area contributed by atoms with Gasteiger partial charge in [-0.2, -0.15) is 4.89 Å². The van der Waals surface area contributed by atoms with Crippen LogP contribution in [0.3, 0.4) is 0 Å². The topological polar surface area (TPSA) is 116 Å². The fourth-order valence-electron chi connectivity index (χ4n) is 0.535. The largest absolute Gasteiger partial charge is 0.365 e. The van der Waals surface area contributed by atoms with Crippen LogP contribution in [0.4, 0.5) is 4.39 Å². The minimum absolute atomic E-state index is 0.614. The Hall–Kier alpha value is -1.04. The van der Waals surface area contributed by atoms with Crippen LogP contribution in [0.1, 0.15) is 0 Å². The number of nitrogens with one attached hydrogen (secondary N) is 1. The lowest BCUT2D eigenvalue weighted by Crippen LogP contribution is -2.34. The quantitative estimate of drug-likeness (QED) is 0.259. The highest BCUT2D eigenvalue weighted by molar-refractivity contribution is 8.04. The van der Waals surface area contributed by atoms with E-state index in [1.807, 2.05) is 0 Å². The average molecular weight is 291 g/mol. The predicted octanol–water partition coefficient (Wildman–Crippen LogP) is -1.18. The van der Waals surface area contributed by atoms with Gasteiger partial charge in [-0.05, 0) is 0 Å². The minimum Gasteiger partial charge on any atom is -0.294 e. The first-order valence-corrected chi connectivity index (χ1v) is 7.28. The molecule has 0 heterocycles. The molecule has 0 aliphatic carbocycles. The molecule has 0 aromatic rings. The van der Waals surface area contributed by atoms with Gasteiger partial charge in [0.25, 0.3) is 10.0 Å². The summed E-state index contributed by atoms with van der Waals surface area (Å²) in [5.41, 5.74) is 0. The van der Waals surface area contributed by atoms with Crippen LogP contribution in [0.15, 0.2) is 12.7 Å². The van der Waals surface area contributed by atoms with Crippen LogP contribution in [0.25, 0.3) is 0 Å². The number of halogens is 1. The molecule has 0 amide bonds. The van der Waals surface area contributed by atoms with Crippen molar-refractivity contribution in [2.45, 2.75) is 0 Å². The van der Waals surface area contributed by atoms with Crippen LogP contribution >= 0.6 is 0 Å². The van der Waals surface area contributed by atoms with E-state index in [0.717, 1.165) is 10.2 Å². The second-order valence-corrected chi connectivity index (χ2v) is 6.31. The van der Waals surface area contributed by atoms with Crippen LogP contribution in [-0.4, -0.2) is 41.2 Å². The van der Waals surface area contributed by atoms with E-state index < -0.39 is 44.4 Å². The van der Waals surface area contributed by atoms with Crippen LogP contribution < -0.4 is 4.13 Å². The number of hydrogen-bond donors (Lipinski definition) is 1. The van der Waals surface area contributed by atoms with E-state index in [9.17, 15) is 26.0 Å². The maximum Gasteiger partial charge on any atom is 0.365 e. The van der Waals surface area contributed by atoms with Gasteiger partial charge in [0.1, 0.15) is 6.61 Å². The molecule has 0 spiro atoms. The maximum atomic E-state index is 11.8. The molecule has 0 rings (SSSR count). The molecule has 0 aromatic heterocycles. The van der Waals surface area contributed by atoms with Crippen molar-refractivity contribution in [1.29, 1.82) is 0 Å². The Morgan fingerprint density at radius 2 is 1.88 bits per heavy atom. The zero-order valence-electron chi connectivity index (χ0n) is 8.46. The molecular formula is C6H10FNO7S2. The minimum atomic E-state index is -4.52. The molecule has 0 saturated heterocycles.